The van der Waals surface area contributed by atoms with Crippen LogP contribution in [-0.2, 0) is 6.42 Å². The molecule has 2 N–H and O–H groups in total. The van der Waals surface area contributed by atoms with Crippen molar-refractivity contribution in [3.63, 3.8) is 0 Å². The molecule has 4 nitrogen and oxygen atoms in total. The average Bonchev–Trinajstić information content (AvgIpc) is 2.39. The zero-order chi connectivity index (χ0) is 13.0. The second kappa shape index (κ2) is 6.50. The smallest absolute Gasteiger partial charge is 0.146 e. The zero-order valence-corrected chi connectivity index (χ0v) is 12.0. The van der Waals surface area contributed by atoms with E-state index in [4.69, 9.17) is 5.73 Å². The fraction of sp³-hybridized carbons (Fsp3) is 0.692. The maximum atomic E-state index is 5.99. The highest BCUT2D eigenvalue weighted by atomic mass is 32.2. The highest BCUT2D eigenvalue weighted by Crippen LogP contribution is 2.25. The summed E-state index contributed by atoms with van der Waals surface area (Å²) in [5.41, 5.74) is 7.05. The van der Waals surface area contributed by atoms with Crippen LogP contribution in [-0.4, -0.2) is 46.0 Å². The molecule has 5 heteroatoms. The summed E-state index contributed by atoms with van der Waals surface area (Å²) < 4.78 is 0. The highest BCUT2D eigenvalue weighted by Gasteiger charge is 2.23. The molecule has 0 bridgehead atoms. The summed E-state index contributed by atoms with van der Waals surface area (Å²) in [5, 5.41) is 0. The van der Waals surface area contributed by atoms with Gasteiger partial charge in [-0.05, 0) is 19.5 Å². The van der Waals surface area contributed by atoms with Crippen LogP contribution < -0.4 is 5.73 Å². The van der Waals surface area contributed by atoms with E-state index in [0.29, 0.717) is 6.04 Å². The lowest BCUT2D eigenvalue weighted by Gasteiger charge is -2.30. The molecule has 0 radical (unpaired) electrons. The van der Waals surface area contributed by atoms with Crippen LogP contribution in [0.5, 0.6) is 0 Å². The molecule has 2 heterocycles. The Balaban J connectivity index is 2.10. The molecule has 1 saturated heterocycles. The van der Waals surface area contributed by atoms with Crippen LogP contribution in [0.1, 0.15) is 30.9 Å². The maximum Gasteiger partial charge on any atom is 0.146 e. The minimum atomic E-state index is 0.200. The molecular weight excluding hydrogens is 244 g/mol. The first-order valence-electron chi connectivity index (χ1n) is 6.56. The Bertz CT molecular complexity index is 385. The predicted octanol–water partition coefficient (Wildman–Crippen LogP) is 1.48. The van der Waals surface area contributed by atoms with E-state index in [2.05, 4.69) is 28.8 Å². The molecule has 0 spiro atoms. The Morgan fingerprint density at radius 1 is 1.61 bits per heavy atom. The van der Waals surface area contributed by atoms with Gasteiger partial charge in [-0.15, -0.1) is 0 Å². The van der Waals surface area contributed by atoms with Gasteiger partial charge in [-0.2, -0.15) is 11.8 Å². The number of thioether (sulfide) groups is 1. The number of hydrogen-bond acceptors (Lipinski definition) is 5. The first kappa shape index (κ1) is 13.8. The molecule has 100 valence electrons. The molecule has 18 heavy (non-hydrogen) atoms. The van der Waals surface area contributed by atoms with Crippen molar-refractivity contribution in [2.24, 2.45) is 5.73 Å². The second-order valence-corrected chi connectivity index (χ2v) is 6.00. The van der Waals surface area contributed by atoms with E-state index in [0.717, 1.165) is 36.7 Å². The molecule has 2 unspecified atom stereocenters. The lowest BCUT2D eigenvalue weighted by Crippen LogP contribution is -2.34. The molecular formula is C13H22N4S. The van der Waals surface area contributed by atoms with Gasteiger partial charge in [-0.25, -0.2) is 9.97 Å². The largest absolute Gasteiger partial charge is 0.327 e. The van der Waals surface area contributed by atoms with E-state index >= 15 is 0 Å². The van der Waals surface area contributed by atoms with Gasteiger partial charge in [0.2, 0.25) is 0 Å². The van der Waals surface area contributed by atoms with Crippen LogP contribution >= 0.6 is 11.8 Å². The Hall–Kier alpha value is -0.650. The van der Waals surface area contributed by atoms with Gasteiger partial charge in [0.05, 0.1) is 6.04 Å². The van der Waals surface area contributed by atoms with Crippen LogP contribution in [0.3, 0.4) is 0 Å². The second-order valence-electron chi connectivity index (χ2n) is 4.85. The van der Waals surface area contributed by atoms with Crippen LogP contribution in [0.2, 0.25) is 0 Å². The van der Waals surface area contributed by atoms with Crippen molar-refractivity contribution in [1.29, 1.82) is 0 Å². The van der Waals surface area contributed by atoms with Crippen molar-refractivity contribution in [3.05, 3.63) is 23.8 Å². The molecule has 0 saturated carbocycles. The van der Waals surface area contributed by atoms with Crippen molar-refractivity contribution >= 4 is 11.8 Å². The lowest BCUT2D eigenvalue weighted by atomic mass is 10.1. The molecule has 1 fully saturated rings. The third-order valence-corrected chi connectivity index (χ3v) is 4.44. The van der Waals surface area contributed by atoms with Gasteiger partial charge in [0.15, 0.2) is 0 Å². The van der Waals surface area contributed by atoms with E-state index < -0.39 is 0 Å². The van der Waals surface area contributed by atoms with Gasteiger partial charge in [0.1, 0.15) is 5.82 Å². The number of aromatic nitrogens is 2. The summed E-state index contributed by atoms with van der Waals surface area (Å²) in [4.78, 5) is 11.5. The van der Waals surface area contributed by atoms with E-state index in [1.54, 1.807) is 0 Å². The summed E-state index contributed by atoms with van der Waals surface area (Å²) in [6, 6.07) is 2.53. The van der Waals surface area contributed by atoms with Crippen molar-refractivity contribution in [3.8, 4) is 0 Å². The molecule has 2 rings (SSSR count). The van der Waals surface area contributed by atoms with Crippen LogP contribution in [0.25, 0.3) is 0 Å². The number of nitrogens with two attached hydrogens (primary N) is 1. The summed E-state index contributed by atoms with van der Waals surface area (Å²) in [5.74, 6) is 3.23. The van der Waals surface area contributed by atoms with E-state index in [-0.39, 0.29) is 6.04 Å². The van der Waals surface area contributed by atoms with Gasteiger partial charge in [0.25, 0.3) is 0 Å². The van der Waals surface area contributed by atoms with E-state index in [9.17, 15) is 0 Å². The number of hydrogen-bond donors (Lipinski definition) is 1. The molecule has 2 atom stereocenters. The van der Waals surface area contributed by atoms with Gasteiger partial charge in [0, 0.05) is 42.4 Å². The lowest BCUT2D eigenvalue weighted by molar-refractivity contribution is 0.264. The van der Waals surface area contributed by atoms with Gasteiger partial charge in [-0.1, -0.05) is 6.92 Å². The Morgan fingerprint density at radius 2 is 2.44 bits per heavy atom. The minimum Gasteiger partial charge on any atom is -0.327 e. The summed E-state index contributed by atoms with van der Waals surface area (Å²) in [6.07, 6.45) is 3.70. The van der Waals surface area contributed by atoms with Crippen LogP contribution in [0.4, 0.5) is 0 Å². The predicted molar refractivity (Wildman–Crippen MR) is 76.7 cm³/mol. The Labute approximate surface area is 113 Å². The minimum absolute atomic E-state index is 0.200. The quantitative estimate of drug-likeness (QED) is 0.894. The summed E-state index contributed by atoms with van der Waals surface area (Å²) >= 11 is 1.98. The van der Waals surface area contributed by atoms with Gasteiger partial charge >= 0.3 is 0 Å². The third kappa shape index (κ3) is 3.43. The fourth-order valence-corrected chi connectivity index (χ4v) is 3.27. The topological polar surface area (TPSA) is 55.0 Å². The van der Waals surface area contributed by atoms with Crippen LogP contribution in [0.15, 0.2) is 12.3 Å². The third-order valence-electron chi connectivity index (χ3n) is 3.42. The SMILES string of the molecule is CCC(N)Cc1ccnc(C2CSCCN2C)n1. The van der Waals surface area contributed by atoms with Crippen molar-refractivity contribution in [2.75, 3.05) is 25.1 Å². The molecule has 0 aliphatic carbocycles. The zero-order valence-electron chi connectivity index (χ0n) is 11.2. The van der Waals surface area contributed by atoms with Crippen molar-refractivity contribution in [1.82, 2.24) is 14.9 Å². The Kier molecular flexibility index (Phi) is 4.97. The Morgan fingerprint density at radius 3 is 3.17 bits per heavy atom. The number of rotatable bonds is 4. The van der Waals surface area contributed by atoms with E-state index in [1.165, 1.54) is 5.75 Å². The van der Waals surface area contributed by atoms with Crippen LogP contribution in [0, 0.1) is 0 Å². The van der Waals surface area contributed by atoms with Crippen molar-refractivity contribution < 1.29 is 0 Å². The molecule has 1 aromatic rings. The van der Waals surface area contributed by atoms with Gasteiger partial charge in [-0.3, -0.25) is 4.90 Å². The highest BCUT2D eigenvalue weighted by molar-refractivity contribution is 7.99. The molecule has 1 aromatic heterocycles. The molecule has 1 aliphatic rings. The summed E-state index contributed by atoms with van der Waals surface area (Å²) in [7, 11) is 2.15. The van der Waals surface area contributed by atoms with Gasteiger partial charge < -0.3 is 5.73 Å². The molecule has 0 amide bonds. The monoisotopic (exact) mass is 266 g/mol. The first-order chi connectivity index (χ1) is 8.70. The van der Waals surface area contributed by atoms with Crippen molar-refractivity contribution in [2.45, 2.75) is 31.8 Å². The number of nitrogens with zero attached hydrogens (tertiary/aromatic N) is 3. The molecule has 0 aromatic carbocycles. The van der Waals surface area contributed by atoms with E-state index in [1.807, 2.05) is 24.0 Å². The standard InChI is InChI=1S/C13H22N4S/c1-3-10(14)8-11-4-5-15-13(16-11)12-9-18-7-6-17(12)2/h4-5,10,12H,3,6-9,14H2,1-2H3. The maximum absolute atomic E-state index is 5.99. The summed E-state index contributed by atoms with van der Waals surface area (Å²) in [6.45, 7) is 3.22. The normalized spacial score (nSPS) is 22.9. The first-order valence-corrected chi connectivity index (χ1v) is 7.71. The molecule has 1 aliphatic heterocycles. The fourth-order valence-electron chi connectivity index (χ4n) is 2.06. The average molecular weight is 266 g/mol.